The van der Waals surface area contributed by atoms with Gasteiger partial charge in [0.25, 0.3) is 0 Å². The van der Waals surface area contributed by atoms with Crippen molar-refractivity contribution in [2.75, 3.05) is 44.8 Å². The second kappa shape index (κ2) is 5.65. The lowest BCUT2D eigenvalue weighted by Gasteiger charge is -2.23. The van der Waals surface area contributed by atoms with E-state index in [9.17, 15) is 8.42 Å². The highest BCUT2D eigenvalue weighted by Gasteiger charge is 2.27. The van der Waals surface area contributed by atoms with Crippen LogP contribution in [0.25, 0.3) is 0 Å². The lowest BCUT2D eigenvalue weighted by atomic mass is 10.2. The van der Waals surface area contributed by atoms with Gasteiger partial charge in [0.15, 0.2) is 9.84 Å². The van der Waals surface area contributed by atoms with Crippen molar-refractivity contribution < 1.29 is 13.2 Å². The van der Waals surface area contributed by atoms with Crippen LogP contribution in [-0.2, 0) is 14.6 Å². The van der Waals surface area contributed by atoms with E-state index in [0.29, 0.717) is 30.2 Å². The van der Waals surface area contributed by atoms with Crippen molar-refractivity contribution in [2.24, 2.45) is 0 Å². The Hall–Kier alpha value is -0.170. The van der Waals surface area contributed by atoms with Gasteiger partial charge in [-0.3, -0.25) is 0 Å². The summed E-state index contributed by atoms with van der Waals surface area (Å²) in [5.74, 6) is 0.662. The van der Waals surface area contributed by atoms with Crippen LogP contribution in [-0.4, -0.2) is 70.3 Å². The molecule has 2 heterocycles. The number of nitrogens with one attached hydrogen (secondary N) is 1. The average molecular weight is 262 g/mol. The van der Waals surface area contributed by atoms with E-state index in [0.717, 1.165) is 32.5 Å². The molecule has 0 bridgehead atoms. The highest BCUT2D eigenvalue weighted by Crippen LogP contribution is 2.12. The molecule has 2 aliphatic heterocycles. The first kappa shape index (κ1) is 13.3. The van der Waals surface area contributed by atoms with Crippen LogP contribution in [0.1, 0.15) is 12.8 Å². The molecule has 2 fully saturated rings. The standard InChI is InChI=1S/C11H22N2O3S/c1-16-11-7-10(12-8-11)9-13-3-2-5-17(14,15)6-4-13/h10-12H,2-9H2,1H3. The van der Waals surface area contributed by atoms with E-state index in [2.05, 4.69) is 10.2 Å². The molecule has 2 unspecified atom stereocenters. The first-order valence-corrected chi connectivity index (χ1v) is 8.10. The quantitative estimate of drug-likeness (QED) is 0.742. The molecule has 1 N–H and O–H groups in total. The molecule has 0 aromatic heterocycles. The van der Waals surface area contributed by atoms with Crippen LogP contribution >= 0.6 is 0 Å². The summed E-state index contributed by atoms with van der Waals surface area (Å²) in [5, 5.41) is 3.43. The number of methoxy groups -OCH3 is 1. The summed E-state index contributed by atoms with van der Waals surface area (Å²) in [5.41, 5.74) is 0. The zero-order valence-electron chi connectivity index (χ0n) is 10.4. The van der Waals surface area contributed by atoms with Gasteiger partial charge < -0.3 is 15.0 Å². The van der Waals surface area contributed by atoms with E-state index in [1.165, 1.54) is 0 Å². The minimum atomic E-state index is -2.79. The van der Waals surface area contributed by atoms with Crippen molar-refractivity contribution in [3.8, 4) is 0 Å². The summed E-state index contributed by atoms with van der Waals surface area (Å²) in [4.78, 5) is 2.26. The molecular formula is C11H22N2O3S. The smallest absolute Gasteiger partial charge is 0.151 e. The Labute approximate surface area is 103 Å². The van der Waals surface area contributed by atoms with Gasteiger partial charge >= 0.3 is 0 Å². The van der Waals surface area contributed by atoms with Gasteiger partial charge in [0.2, 0.25) is 0 Å². The van der Waals surface area contributed by atoms with Gasteiger partial charge in [0, 0.05) is 32.8 Å². The summed E-state index contributed by atoms with van der Waals surface area (Å²) in [6, 6.07) is 0.445. The molecule has 2 aliphatic rings. The molecular weight excluding hydrogens is 240 g/mol. The largest absolute Gasteiger partial charge is 0.380 e. The predicted octanol–water partition coefficient (Wildman–Crippen LogP) is -0.516. The molecule has 17 heavy (non-hydrogen) atoms. The number of hydrogen-bond donors (Lipinski definition) is 1. The van der Waals surface area contributed by atoms with E-state index < -0.39 is 9.84 Å². The summed E-state index contributed by atoms with van der Waals surface area (Å²) >= 11 is 0. The van der Waals surface area contributed by atoms with Crippen molar-refractivity contribution in [2.45, 2.75) is 25.0 Å². The number of ether oxygens (including phenoxy) is 1. The van der Waals surface area contributed by atoms with E-state index in [-0.39, 0.29) is 0 Å². The fourth-order valence-electron chi connectivity index (χ4n) is 2.59. The number of nitrogens with zero attached hydrogens (tertiary/aromatic N) is 1. The average Bonchev–Trinajstić information content (AvgIpc) is 2.66. The third kappa shape index (κ3) is 3.91. The zero-order chi connectivity index (χ0) is 12.3. The molecule has 0 aromatic carbocycles. The van der Waals surface area contributed by atoms with E-state index in [1.54, 1.807) is 7.11 Å². The molecule has 0 aromatic rings. The second-order valence-corrected chi connectivity index (χ2v) is 7.31. The minimum absolute atomic E-state index is 0.313. The summed E-state index contributed by atoms with van der Waals surface area (Å²) in [7, 11) is -1.04. The fourth-order valence-corrected chi connectivity index (χ4v) is 3.89. The molecule has 6 heteroatoms. The third-order valence-electron chi connectivity index (χ3n) is 3.64. The van der Waals surface area contributed by atoms with Crippen LogP contribution in [0.15, 0.2) is 0 Å². The SMILES string of the molecule is COC1CNC(CN2CCCS(=O)(=O)CC2)C1. The van der Waals surface area contributed by atoms with Crippen molar-refractivity contribution in [1.82, 2.24) is 10.2 Å². The van der Waals surface area contributed by atoms with Gasteiger partial charge in [-0.15, -0.1) is 0 Å². The molecule has 0 spiro atoms. The normalized spacial score (nSPS) is 34.6. The number of sulfone groups is 1. The molecule has 0 aliphatic carbocycles. The Kier molecular flexibility index (Phi) is 4.41. The highest BCUT2D eigenvalue weighted by molar-refractivity contribution is 7.91. The van der Waals surface area contributed by atoms with E-state index >= 15 is 0 Å². The van der Waals surface area contributed by atoms with Crippen molar-refractivity contribution >= 4 is 9.84 Å². The van der Waals surface area contributed by atoms with Crippen LogP contribution in [0.3, 0.4) is 0 Å². The summed E-state index contributed by atoms with van der Waals surface area (Å²) < 4.78 is 28.3. The lowest BCUT2D eigenvalue weighted by Crippen LogP contribution is -2.38. The maximum atomic E-state index is 11.5. The number of hydrogen-bond acceptors (Lipinski definition) is 5. The first-order valence-electron chi connectivity index (χ1n) is 6.28. The van der Waals surface area contributed by atoms with Crippen molar-refractivity contribution in [3.05, 3.63) is 0 Å². The number of rotatable bonds is 3. The second-order valence-electron chi connectivity index (χ2n) is 5.00. The predicted molar refractivity (Wildman–Crippen MR) is 66.9 cm³/mol. The highest BCUT2D eigenvalue weighted by atomic mass is 32.2. The van der Waals surface area contributed by atoms with Crippen molar-refractivity contribution in [3.63, 3.8) is 0 Å². The zero-order valence-corrected chi connectivity index (χ0v) is 11.2. The van der Waals surface area contributed by atoms with Gasteiger partial charge in [-0.25, -0.2) is 8.42 Å². The molecule has 100 valence electrons. The molecule has 0 radical (unpaired) electrons. The molecule has 0 saturated carbocycles. The van der Waals surface area contributed by atoms with Gasteiger partial charge in [-0.1, -0.05) is 0 Å². The van der Waals surface area contributed by atoms with E-state index in [4.69, 9.17) is 4.74 Å². The van der Waals surface area contributed by atoms with Gasteiger partial charge in [0.05, 0.1) is 17.6 Å². The van der Waals surface area contributed by atoms with Gasteiger partial charge in [-0.2, -0.15) is 0 Å². The summed E-state index contributed by atoms with van der Waals surface area (Å²) in [6.45, 7) is 3.43. The van der Waals surface area contributed by atoms with Crippen LogP contribution in [0.2, 0.25) is 0 Å². The Morgan fingerprint density at radius 3 is 2.88 bits per heavy atom. The molecule has 2 rings (SSSR count). The monoisotopic (exact) mass is 262 g/mol. The van der Waals surface area contributed by atoms with Gasteiger partial charge in [0.1, 0.15) is 0 Å². The van der Waals surface area contributed by atoms with Crippen LogP contribution in [0.5, 0.6) is 0 Å². The minimum Gasteiger partial charge on any atom is -0.380 e. The third-order valence-corrected chi connectivity index (χ3v) is 5.36. The van der Waals surface area contributed by atoms with Crippen molar-refractivity contribution in [1.29, 1.82) is 0 Å². The Bertz CT molecular complexity index is 345. The first-order chi connectivity index (χ1) is 8.09. The lowest BCUT2D eigenvalue weighted by molar-refractivity contribution is 0.115. The maximum Gasteiger partial charge on any atom is 0.151 e. The van der Waals surface area contributed by atoms with Crippen LogP contribution < -0.4 is 5.32 Å². The van der Waals surface area contributed by atoms with Gasteiger partial charge in [-0.05, 0) is 19.4 Å². The Morgan fingerprint density at radius 1 is 1.35 bits per heavy atom. The topological polar surface area (TPSA) is 58.6 Å². The molecule has 5 nitrogen and oxygen atoms in total. The molecule has 0 amide bonds. The maximum absolute atomic E-state index is 11.5. The Morgan fingerprint density at radius 2 is 2.18 bits per heavy atom. The summed E-state index contributed by atoms with van der Waals surface area (Å²) in [6.07, 6.45) is 2.11. The molecule has 2 saturated heterocycles. The van der Waals surface area contributed by atoms with Crippen LogP contribution in [0.4, 0.5) is 0 Å². The van der Waals surface area contributed by atoms with E-state index in [1.807, 2.05) is 0 Å². The Balaban J connectivity index is 1.80. The fraction of sp³-hybridized carbons (Fsp3) is 1.00. The molecule has 2 atom stereocenters. The van der Waals surface area contributed by atoms with Crippen LogP contribution in [0, 0.1) is 0 Å².